The molecule has 128 valence electrons. The minimum atomic E-state index is -0.0806. The van der Waals surface area contributed by atoms with E-state index in [-0.39, 0.29) is 17.9 Å². The number of nitrogens with zero attached hydrogens (tertiary/aromatic N) is 1. The van der Waals surface area contributed by atoms with Gasteiger partial charge < -0.3 is 15.0 Å². The molecule has 0 aromatic heterocycles. The van der Waals surface area contributed by atoms with E-state index in [2.05, 4.69) is 5.32 Å². The molecule has 1 N–H and O–H groups in total. The molecule has 0 aliphatic heterocycles. The fourth-order valence-corrected chi connectivity index (χ4v) is 2.23. The number of para-hydroxylation sites is 2. The lowest BCUT2D eigenvalue weighted by Crippen LogP contribution is -2.38. The number of anilines is 1. The van der Waals surface area contributed by atoms with Crippen molar-refractivity contribution < 1.29 is 14.3 Å². The second-order valence-corrected chi connectivity index (χ2v) is 6.25. The second kappa shape index (κ2) is 9.18. The van der Waals surface area contributed by atoms with Gasteiger partial charge >= 0.3 is 0 Å². The largest absolute Gasteiger partial charge is 0.489 e. The molecule has 5 heteroatoms. The Morgan fingerprint density at radius 2 is 1.83 bits per heavy atom. The standard InChI is InChI=1S/C18H28N2O3/c1-13(2)12-18(22)19-10-11-20(15(5)21)16-8-6-7-9-17(16)23-14(3)4/h6-9,13-14H,10-12H2,1-5H3,(H,19,22). The van der Waals surface area contributed by atoms with Gasteiger partial charge in [-0.05, 0) is 31.9 Å². The van der Waals surface area contributed by atoms with E-state index in [1.165, 1.54) is 6.92 Å². The molecule has 1 aromatic carbocycles. The van der Waals surface area contributed by atoms with Gasteiger partial charge in [0.05, 0.1) is 11.8 Å². The van der Waals surface area contributed by atoms with Crippen LogP contribution in [0, 0.1) is 5.92 Å². The number of hydrogen-bond acceptors (Lipinski definition) is 3. The van der Waals surface area contributed by atoms with Gasteiger partial charge in [-0.25, -0.2) is 0 Å². The molecule has 23 heavy (non-hydrogen) atoms. The lowest BCUT2D eigenvalue weighted by atomic mass is 10.1. The highest BCUT2D eigenvalue weighted by atomic mass is 16.5. The van der Waals surface area contributed by atoms with Crippen molar-refractivity contribution in [2.45, 2.75) is 47.1 Å². The molecule has 0 aliphatic rings. The molecule has 0 aliphatic carbocycles. The molecule has 0 saturated carbocycles. The number of rotatable bonds is 8. The zero-order valence-corrected chi connectivity index (χ0v) is 14.8. The number of ether oxygens (including phenoxy) is 1. The first kappa shape index (κ1) is 19.0. The highest BCUT2D eigenvalue weighted by molar-refractivity contribution is 5.93. The zero-order valence-electron chi connectivity index (χ0n) is 14.8. The molecule has 2 amide bonds. The molecule has 1 rings (SSSR count). The topological polar surface area (TPSA) is 58.6 Å². The van der Waals surface area contributed by atoms with Crippen LogP contribution >= 0.6 is 0 Å². The summed E-state index contributed by atoms with van der Waals surface area (Å²) in [6.45, 7) is 10.2. The first-order valence-corrected chi connectivity index (χ1v) is 8.11. The van der Waals surface area contributed by atoms with Crippen LogP contribution in [0.5, 0.6) is 5.75 Å². The van der Waals surface area contributed by atoms with E-state index < -0.39 is 0 Å². The summed E-state index contributed by atoms with van der Waals surface area (Å²) in [6, 6.07) is 7.46. The van der Waals surface area contributed by atoms with Crippen LogP contribution in [0.2, 0.25) is 0 Å². The third-order valence-corrected chi connectivity index (χ3v) is 3.15. The molecular weight excluding hydrogens is 292 g/mol. The number of carbonyl (C=O) groups is 2. The zero-order chi connectivity index (χ0) is 17.4. The summed E-state index contributed by atoms with van der Waals surface area (Å²) in [6.07, 6.45) is 0.517. The van der Waals surface area contributed by atoms with Gasteiger partial charge in [0.15, 0.2) is 0 Å². The second-order valence-electron chi connectivity index (χ2n) is 6.25. The van der Waals surface area contributed by atoms with Crippen molar-refractivity contribution >= 4 is 17.5 Å². The van der Waals surface area contributed by atoms with E-state index in [0.717, 1.165) is 5.69 Å². The highest BCUT2D eigenvalue weighted by Crippen LogP contribution is 2.28. The molecule has 1 aromatic rings. The smallest absolute Gasteiger partial charge is 0.224 e. The van der Waals surface area contributed by atoms with Crippen molar-refractivity contribution in [3.05, 3.63) is 24.3 Å². The molecule has 0 radical (unpaired) electrons. The van der Waals surface area contributed by atoms with E-state index in [0.29, 0.717) is 31.2 Å². The molecular formula is C18H28N2O3. The molecule has 0 bridgehead atoms. The Morgan fingerprint density at radius 3 is 2.39 bits per heavy atom. The van der Waals surface area contributed by atoms with Crippen molar-refractivity contribution in [2.24, 2.45) is 5.92 Å². The molecule has 5 nitrogen and oxygen atoms in total. The van der Waals surface area contributed by atoms with E-state index in [1.54, 1.807) is 4.90 Å². The maximum Gasteiger partial charge on any atom is 0.224 e. The summed E-state index contributed by atoms with van der Waals surface area (Å²) in [5.41, 5.74) is 0.729. The number of nitrogens with one attached hydrogen (secondary N) is 1. The summed E-state index contributed by atoms with van der Waals surface area (Å²) in [5.74, 6) is 0.920. The SMILES string of the molecule is CC(=O)N(CCNC(=O)CC(C)C)c1ccccc1OC(C)C. The minimum absolute atomic E-state index is 0.00946. The summed E-state index contributed by atoms with van der Waals surface area (Å²) in [5, 5.41) is 2.86. The van der Waals surface area contributed by atoms with Crippen LogP contribution in [0.15, 0.2) is 24.3 Å². The Hall–Kier alpha value is -2.04. The van der Waals surface area contributed by atoms with E-state index >= 15 is 0 Å². The molecule has 0 unspecified atom stereocenters. The van der Waals surface area contributed by atoms with Gasteiger partial charge in [-0.1, -0.05) is 26.0 Å². The molecule has 0 atom stereocenters. The molecule has 0 heterocycles. The fourth-order valence-electron chi connectivity index (χ4n) is 2.23. The van der Waals surface area contributed by atoms with Gasteiger partial charge in [-0.15, -0.1) is 0 Å². The minimum Gasteiger partial charge on any atom is -0.489 e. The normalized spacial score (nSPS) is 10.7. The van der Waals surface area contributed by atoms with Gasteiger partial charge in [0, 0.05) is 26.4 Å². The number of benzene rings is 1. The average Bonchev–Trinajstić information content (AvgIpc) is 2.43. The lowest BCUT2D eigenvalue weighted by molar-refractivity contribution is -0.122. The first-order valence-electron chi connectivity index (χ1n) is 8.11. The summed E-state index contributed by atoms with van der Waals surface area (Å²) >= 11 is 0. The molecule has 0 spiro atoms. The molecule has 0 fully saturated rings. The van der Waals surface area contributed by atoms with Crippen molar-refractivity contribution in [1.82, 2.24) is 5.32 Å². The molecule has 0 saturated heterocycles. The van der Waals surface area contributed by atoms with Crippen LogP contribution < -0.4 is 15.0 Å². The summed E-state index contributed by atoms with van der Waals surface area (Å²) < 4.78 is 5.78. The summed E-state index contributed by atoms with van der Waals surface area (Å²) in [7, 11) is 0. The van der Waals surface area contributed by atoms with Crippen LogP contribution in [0.3, 0.4) is 0 Å². The van der Waals surface area contributed by atoms with Gasteiger partial charge in [-0.3, -0.25) is 9.59 Å². The lowest BCUT2D eigenvalue weighted by Gasteiger charge is -2.25. The van der Waals surface area contributed by atoms with E-state index in [1.807, 2.05) is 52.0 Å². The Bertz CT molecular complexity index is 527. The van der Waals surface area contributed by atoms with Crippen LogP contribution in [0.1, 0.15) is 41.0 Å². The number of amides is 2. The van der Waals surface area contributed by atoms with E-state index in [4.69, 9.17) is 4.74 Å². The highest BCUT2D eigenvalue weighted by Gasteiger charge is 2.17. The Labute approximate surface area is 139 Å². The third-order valence-electron chi connectivity index (χ3n) is 3.15. The van der Waals surface area contributed by atoms with Crippen molar-refractivity contribution in [2.75, 3.05) is 18.0 Å². The fraction of sp³-hybridized carbons (Fsp3) is 0.556. The monoisotopic (exact) mass is 320 g/mol. The van der Waals surface area contributed by atoms with Crippen molar-refractivity contribution in [1.29, 1.82) is 0 Å². The van der Waals surface area contributed by atoms with Crippen LogP contribution in [0.4, 0.5) is 5.69 Å². The van der Waals surface area contributed by atoms with Gasteiger partial charge in [0.2, 0.25) is 11.8 Å². The van der Waals surface area contributed by atoms with Crippen LogP contribution in [-0.4, -0.2) is 31.0 Å². The maximum absolute atomic E-state index is 12.0. The number of hydrogen-bond donors (Lipinski definition) is 1. The maximum atomic E-state index is 12.0. The Kier molecular flexibility index (Phi) is 7.59. The quantitative estimate of drug-likeness (QED) is 0.801. The summed E-state index contributed by atoms with van der Waals surface area (Å²) in [4.78, 5) is 25.3. The van der Waals surface area contributed by atoms with Gasteiger partial charge in [0.25, 0.3) is 0 Å². The van der Waals surface area contributed by atoms with Crippen molar-refractivity contribution in [3.8, 4) is 5.75 Å². The number of carbonyl (C=O) groups excluding carboxylic acids is 2. The van der Waals surface area contributed by atoms with Gasteiger partial charge in [0.1, 0.15) is 5.75 Å². The Balaban J connectivity index is 2.76. The first-order chi connectivity index (χ1) is 10.8. The van der Waals surface area contributed by atoms with Crippen LogP contribution in [-0.2, 0) is 9.59 Å². The van der Waals surface area contributed by atoms with Crippen LogP contribution in [0.25, 0.3) is 0 Å². The predicted octanol–water partition coefficient (Wildman–Crippen LogP) is 2.99. The van der Waals surface area contributed by atoms with E-state index in [9.17, 15) is 9.59 Å². The predicted molar refractivity (Wildman–Crippen MR) is 92.7 cm³/mol. The van der Waals surface area contributed by atoms with Crippen molar-refractivity contribution in [3.63, 3.8) is 0 Å². The third kappa shape index (κ3) is 6.72. The Morgan fingerprint density at radius 1 is 1.17 bits per heavy atom. The van der Waals surface area contributed by atoms with Gasteiger partial charge in [-0.2, -0.15) is 0 Å². The average molecular weight is 320 g/mol.